The molecule has 1 fully saturated rings. The third kappa shape index (κ3) is 4.40. The molecule has 1 N–H and O–H groups in total. The molecule has 4 rings (SSSR count). The Kier molecular flexibility index (Phi) is 6.55. The minimum atomic E-state index is -3.67. The Morgan fingerprint density at radius 2 is 1.81 bits per heavy atom. The highest BCUT2D eigenvalue weighted by Crippen LogP contribution is 2.42. The number of hydrogen-bond acceptors (Lipinski definition) is 5. The maximum Gasteiger partial charge on any atom is 0.251 e. The summed E-state index contributed by atoms with van der Waals surface area (Å²) in [4.78, 5) is 13.3. The Morgan fingerprint density at radius 3 is 2.53 bits per heavy atom. The van der Waals surface area contributed by atoms with Gasteiger partial charge in [0.1, 0.15) is 11.4 Å². The van der Waals surface area contributed by atoms with E-state index in [0.29, 0.717) is 38.3 Å². The van der Waals surface area contributed by atoms with Crippen LogP contribution in [0.25, 0.3) is 0 Å². The maximum atomic E-state index is 13.2. The van der Waals surface area contributed by atoms with Crippen molar-refractivity contribution in [2.24, 2.45) is 0 Å². The average molecular weight is 459 g/mol. The van der Waals surface area contributed by atoms with E-state index in [1.54, 1.807) is 12.1 Å². The summed E-state index contributed by atoms with van der Waals surface area (Å²) >= 11 is 0. The van der Waals surface area contributed by atoms with Crippen LogP contribution >= 0.6 is 0 Å². The van der Waals surface area contributed by atoms with E-state index < -0.39 is 10.0 Å². The van der Waals surface area contributed by atoms with Crippen molar-refractivity contribution in [3.8, 4) is 5.75 Å². The van der Waals surface area contributed by atoms with Crippen LogP contribution in [0.4, 0.5) is 0 Å². The predicted octanol–water partition coefficient (Wildman–Crippen LogP) is 3.52. The van der Waals surface area contributed by atoms with Crippen LogP contribution in [0, 0.1) is 0 Å². The van der Waals surface area contributed by atoms with E-state index in [9.17, 15) is 13.2 Å². The van der Waals surface area contributed by atoms with Crippen molar-refractivity contribution in [1.29, 1.82) is 0 Å². The second-order valence-electron chi connectivity index (χ2n) is 8.30. The van der Waals surface area contributed by atoms with Crippen LogP contribution in [-0.2, 0) is 14.8 Å². The topological polar surface area (TPSA) is 84.9 Å². The van der Waals surface area contributed by atoms with Gasteiger partial charge in [0, 0.05) is 30.6 Å². The van der Waals surface area contributed by atoms with Crippen LogP contribution in [0.1, 0.15) is 55.1 Å². The van der Waals surface area contributed by atoms with Crippen LogP contribution < -0.4 is 10.1 Å². The van der Waals surface area contributed by atoms with Crippen LogP contribution in [0.5, 0.6) is 5.75 Å². The molecule has 0 bridgehead atoms. The lowest BCUT2D eigenvalue weighted by atomic mass is 9.83. The van der Waals surface area contributed by atoms with Crippen LogP contribution in [0.15, 0.2) is 53.4 Å². The first-order chi connectivity index (χ1) is 15.4. The fourth-order valence-corrected chi connectivity index (χ4v) is 5.86. The van der Waals surface area contributed by atoms with Gasteiger partial charge in [0.25, 0.3) is 5.91 Å². The summed E-state index contributed by atoms with van der Waals surface area (Å²) in [6, 6.07) is 13.8. The van der Waals surface area contributed by atoms with Gasteiger partial charge in [0.2, 0.25) is 10.0 Å². The molecule has 2 aliphatic rings. The van der Waals surface area contributed by atoms with Crippen molar-refractivity contribution in [1.82, 2.24) is 9.62 Å². The number of morpholine rings is 1. The number of para-hydroxylation sites is 1. The number of sulfonamides is 1. The zero-order chi connectivity index (χ0) is 22.8. The van der Waals surface area contributed by atoms with Crippen molar-refractivity contribution in [3.63, 3.8) is 0 Å². The maximum absolute atomic E-state index is 13.2. The molecule has 7 nitrogen and oxygen atoms in total. The summed E-state index contributed by atoms with van der Waals surface area (Å²) in [7, 11) is -3.67. The molecule has 0 saturated carbocycles. The van der Waals surface area contributed by atoms with E-state index in [4.69, 9.17) is 9.47 Å². The Balaban J connectivity index is 1.58. The van der Waals surface area contributed by atoms with Gasteiger partial charge in [-0.1, -0.05) is 38.1 Å². The third-order valence-corrected chi connectivity index (χ3v) is 8.39. The SMILES string of the molecule is CCC1(CC)C[C@@H](NC(=O)c2cccc(S(=O)(=O)N3CCOCC3)c2)c2ccccc2O1. The lowest BCUT2D eigenvalue weighted by Crippen LogP contribution is -2.44. The largest absolute Gasteiger partial charge is 0.487 e. The van der Waals surface area contributed by atoms with Gasteiger partial charge in [-0.3, -0.25) is 4.79 Å². The number of fused-ring (bicyclic) bond motifs is 1. The minimum absolute atomic E-state index is 0.121. The quantitative estimate of drug-likeness (QED) is 0.716. The fourth-order valence-electron chi connectivity index (χ4n) is 4.41. The second kappa shape index (κ2) is 9.21. The number of nitrogens with zero attached hydrogens (tertiary/aromatic N) is 1. The van der Waals surface area contributed by atoms with Crippen molar-refractivity contribution in [2.75, 3.05) is 26.3 Å². The van der Waals surface area contributed by atoms with E-state index in [2.05, 4.69) is 19.2 Å². The van der Waals surface area contributed by atoms with E-state index in [-0.39, 0.29) is 22.4 Å². The number of hydrogen-bond donors (Lipinski definition) is 1. The van der Waals surface area contributed by atoms with Gasteiger partial charge in [-0.25, -0.2) is 8.42 Å². The molecule has 0 aliphatic carbocycles. The Hall–Kier alpha value is -2.42. The number of carbonyl (C=O) groups excluding carboxylic acids is 1. The van der Waals surface area contributed by atoms with E-state index in [1.165, 1.54) is 16.4 Å². The van der Waals surface area contributed by atoms with E-state index in [1.807, 2.05) is 24.3 Å². The Bertz CT molecular complexity index is 1080. The molecule has 8 heteroatoms. The van der Waals surface area contributed by atoms with Crippen LogP contribution in [0.3, 0.4) is 0 Å². The highest BCUT2D eigenvalue weighted by molar-refractivity contribution is 7.89. The zero-order valence-electron chi connectivity index (χ0n) is 18.5. The Labute approximate surface area is 189 Å². The number of ether oxygens (including phenoxy) is 2. The predicted molar refractivity (Wildman–Crippen MR) is 121 cm³/mol. The van der Waals surface area contributed by atoms with Crippen molar-refractivity contribution >= 4 is 15.9 Å². The lowest BCUT2D eigenvalue weighted by Gasteiger charge is -2.41. The van der Waals surface area contributed by atoms with Gasteiger partial charge in [-0.15, -0.1) is 0 Å². The first-order valence-electron chi connectivity index (χ1n) is 11.2. The standard InChI is InChI=1S/C24H30N2O5S/c1-3-24(4-2)17-21(20-10-5-6-11-22(20)31-24)25-23(27)18-8-7-9-19(16-18)32(28,29)26-12-14-30-15-13-26/h5-11,16,21H,3-4,12-15,17H2,1-2H3,(H,25,27)/t21-/m1/s1. The summed E-state index contributed by atoms with van der Waals surface area (Å²) < 4.78 is 39.0. The van der Waals surface area contributed by atoms with Gasteiger partial charge in [0.05, 0.1) is 24.2 Å². The van der Waals surface area contributed by atoms with E-state index >= 15 is 0 Å². The molecule has 0 aromatic heterocycles. The van der Waals surface area contributed by atoms with Gasteiger partial charge in [-0.05, 0) is 37.1 Å². The third-order valence-electron chi connectivity index (χ3n) is 6.50. The smallest absolute Gasteiger partial charge is 0.251 e. The first-order valence-corrected chi connectivity index (χ1v) is 12.6. The molecular weight excluding hydrogens is 428 g/mol. The molecule has 172 valence electrons. The highest BCUT2D eigenvalue weighted by atomic mass is 32.2. The summed E-state index contributed by atoms with van der Waals surface area (Å²) in [6.07, 6.45) is 2.32. The number of nitrogens with one attached hydrogen (secondary N) is 1. The van der Waals surface area contributed by atoms with Crippen LogP contribution in [0.2, 0.25) is 0 Å². The summed E-state index contributed by atoms with van der Waals surface area (Å²) in [5, 5.41) is 3.13. The second-order valence-corrected chi connectivity index (χ2v) is 10.2. The van der Waals surface area contributed by atoms with Crippen LogP contribution in [-0.4, -0.2) is 50.5 Å². The monoisotopic (exact) mass is 458 g/mol. The van der Waals surface area contributed by atoms with Crippen molar-refractivity contribution in [3.05, 3.63) is 59.7 Å². The van der Waals surface area contributed by atoms with Gasteiger partial charge in [-0.2, -0.15) is 4.31 Å². The van der Waals surface area contributed by atoms with Crippen molar-refractivity contribution in [2.45, 2.75) is 49.6 Å². The molecule has 2 aliphatic heterocycles. The van der Waals surface area contributed by atoms with E-state index in [0.717, 1.165) is 24.2 Å². The molecule has 32 heavy (non-hydrogen) atoms. The zero-order valence-corrected chi connectivity index (χ0v) is 19.4. The number of carbonyl (C=O) groups is 1. The molecule has 0 unspecified atom stereocenters. The van der Waals surface area contributed by atoms with Crippen molar-refractivity contribution < 1.29 is 22.7 Å². The number of rotatable bonds is 6. The molecule has 1 saturated heterocycles. The highest BCUT2D eigenvalue weighted by Gasteiger charge is 2.39. The summed E-state index contributed by atoms with van der Waals surface area (Å²) in [5.74, 6) is 0.489. The number of benzene rings is 2. The fraction of sp³-hybridized carbons (Fsp3) is 0.458. The molecule has 0 radical (unpaired) electrons. The lowest BCUT2D eigenvalue weighted by molar-refractivity contribution is 0.0227. The van der Waals surface area contributed by atoms with Gasteiger partial charge < -0.3 is 14.8 Å². The molecule has 2 aromatic rings. The van der Waals surface area contributed by atoms with Gasteiger partial charge in [0.15, 0.2) is 0 Å². The summed E-state index contributed by atoms with van der Waals surface area (Å²) in [5.41, 5.74) is 0.922. The molecule has 2 aromatic carbocycles. The normalized spacial score (nSPS) is 20.8. The molecule has 0 spiro atoms. The Morgan fingerprint density at radius 1 is 1.09 bits per heavy atom. The number of amides is 1. The molecule has 1 amide bonds. The molecule has 1 atom stereocenters. The van der Waals surface area contributed by atoms with Gasteiger partial charge >= 0.3 is 0 Å². The molecular formula is C24H30N2O5S. The average Bonchev–Trinajstić information content (AvgIpc) is 2.84. The summed E-state index contributed by atoms with van der Waals surface area (Å²) in [6.45, 7) is 5.56. The minimum Gasteiger partial charge on any atom is -0.487 e. The first kappa shape index (κ1) is 22.8. The molecule has 2 heterocycles.